The predicted molar refractivity (Wildman–Crippen MR) is 214 cm³/mol. The zero-order chi connectivity index (χ0) is 35.0. The molecule has 1 heteroatoms. The molecule has 0 saturated heterocycles. The molecule has 0 amide bonds. The molecule has 254 valence electrons. The number of fused-ring (bicyclic) bond motifs is 9. The summed E-state index contributed by atoms with van der Waals surface area (Å²) in [6.45, 7) is 12.0. The number of rotatable bonds is 9. The van der Waals surface area contributed by atoms with Gasteiger partial charge in [0.25, 0.3) is 0 Å². The number of pyridine rings is 1. The van der Waals surface area contributed by atoms with Crippen LogP contribution in [0.15, 0.2) is 128 Å². The van der Waals surface area contributed by atoms with Crippen LogP contribution in [0.4, 0.5) is 0 Å². The number of aromatic nitrogens is 1. The third kappa shape index (κ3) is 5.07. The Kier molecular flexibility index (Phi) is 7.51. The molecule has 5 aromatic carbocycles. The molecule has 1 aliphatic heterocycles. The second-order valence-corrected chi connectivity index (χ2v) is 16.6. The second-order valence-electron chi connectivity index (χ2n) is 16.6. The van der Waals surface area contributed by atoms with Crippen molar-refractivity contribution in [3.8, 4) is 55.8 Å². The summed E-state index contributed by atoms with van der Waals surface area (Å²) >= 11 is 0. The minimum Gasteiger partial charge on any atom is -0.192 e. The van der Waals surface area contributed by atoms with Gasteiger partial charge in [-0.2, -0.15) is 4.57 Å². The van der Waals surface area contributed by atoms with Crippen molar-refractivity contribution in [1.82, 2.24) is 0 Å². The van der Waals surface area contributed by atoms with E-state index in [-0.39, 0.29) is 16.4 Å². The molecule has 1 saturated carbocycles. The minimum absolute atomic E-state index is 0.00857. The first-order chi connectivity index (χ1) is 24.7. The van der Waals surface area contributed by atoms with Gasteiger partial charge in [-0.3, -0.25) is 0 Å². The zero-order valence-electron chi connectivity index (χ0n) is 31.0. The third-order valence-corrected chi connectivity index (χ3v) is 13.1. The van der Waals surface area contributed by atoms with Gasteiger partial charge >= 0.3 is 0 Å². The first kappa shape index (κ1) is 32.2. The molecule has 2 heterocycles. The summed E-state index contributed by atoms with van der Waals surface area (Å²) in [6.07, 6.45) is 11.4. The quantitative estimate of drug-likeness (QED) is 0.107. The van der Waals surface area contributed by atoms with Crippen LogP contribution in [0.1, 0.15) is 95.4 Å². The maximum Gasteiger partial charge on any atom is 0.213 e. The molecule has 1 aromatic heterocycles. The third-order valence-electron chi connectivity index (χ3n) is 13.1. The van der Waals surface area contributed by atoms with E-state index in [2.05, 4.69) is 167 Å². The molecule has 0 bridgehead atoms. The lowest BCUT2D eigenvalue weighted by molar-refractivity contribution is -0.730. The summed E-state index contributed by atoms with van der Waals surface area (Å²) in [5.41, 5.74) is 19.3. The number of benzene rings is 5. The molecule has 0 spiro atoms. The predicted octanol–water partition coefficient (Wildman–Crippen LogP) is 12.9. The average Bonchev–Trinajstić information content (AvgIpc) is 3.69. The van der Waals surface area contributed by atoms with Crippen LogP contribution in [0.2, 0.25) is 0 Å². The van der Waals surface area contributed by atoms with Crippen LogP contribution in [-0.4, -0.2) is 0 Å². The highest BCUT2D eigenvalue weighted by Gasteiger charge is 2.73. The molecule has 0 N–H and O–H groups in total. The van der Waals surface area contributed by atoms with Crippen LogP contribution in [0.3, 0.4) is 0 Å². The standard InChI is InChI=1S/C50H50N/c1-6-7-8-9-10-16-34-17-13-18-35(27-34)36-19-14-20-37(28-36)38-21-15-22-39(29-38)40-25-26-47-43-31-45-42(41-23-11-12-24-44(41)48(45,2)3)30-46(43)49(4)33-50(49,5)51(47)32-40/h11-15,17-32H,6-10,16,33H2,1-5H3/q+1. The van der Waals surface area contributed by atoms with Crippen molar-refractivity contribution in [1.29, 1.82) is 0 Å². The van der Waals surface area contributed by atoms with Gasteiger partial charge in [0.1, 0.15) is 0 Å². The van der Waals surface area contributed by atoms with Crippen LogP contribution < -0.4 is 4.57 Å². The molecule has 6 aromatic rings. The van der Waals surface area contributed by atoms with Gasteiger partial charge in [-0.15, -0.1) is 0 Å². The maximum atomic E-state index is 2.62. The first-order valence-electron chi connectivity index (χ1n) is 19.4. The monoisotopic (exact) mass is 664 g/mol. The SMILES string of the molecule is CCCCCCCc1cccc(-c2cccc(-c3cccc(-c4ccc5[n+](c4)C4(C)CC4(C)c4cc6c(cc4-5)C(C)(C)c4ccccc4-6)c3)c2)c1. The van der Waals surface area contributed by atoms with Crippen LogP contribution in [0.5, 0.6) is 0 Å². The lowest BCUT2D eigenvalue weighted by atomic mass is 9.78. The summed E-state index contributed by atoms with van der Waals surface area (Å²) in [7, 11) is 0. The molecule has 2 atom stereocenters. The Hall–Kier alpha value is -4.75. The fraction of sp³-hybridized carbons (Fsp3) is 0.300. The van der Waals surface area contributed by atoms with E-state index in [0.29, 0.717) is 0 Å². The molecule has 3 aliphatic rings. The Morgan fingerprint density at radius 1 is 0.510 bits per heavy atom. The molecule has 9 rings (SSSR count). The van der Waals surface area contributed by atoms with Gasteiger partial charge in [-0.05, 0) is 111 Å². The number of hydrogen-bond acceptors (Lipinski definition) is 0. The van der Waals surface area contributed by atoms with Crippen molar-refractivity contribution in [2.24, 2.45) is 0 Å². The molecule has 51 heavy (non-hydrogen) atoms. The second kappa shape index (κ2) is 11.9. The van der Waals surface area contributed by atoms with Gasteiger partial charge in [0.15, 0.2) is 11.7 Å². The lowest BCUT2D eigenvalue weighted by Gasteiger charge is -2.28. The minimum atomic E-state index is -0.00857. The highest BCUT2D eigenvalue weighted by Crippen LogP contribution is 2.65. The highest BCUT2D eigenvalue weighted by atomic mass is 15.1. The Morgan fingerprint density at radius 3 is 1.86 bits per heavy atom. The van der Waals surface area contributed by atoms with E-state index in [0.717, 1.165) is 12.8 Å². The van der Waals surface area contributed by atoms with Crippen LogP contribution >= 0.6 is 0 Å². The number of unbranched alkanes of at least 4 members (excludes halogenated alkanes) is 4. The van der Waals surface area contributed by atoms with Crippen molar-refractivity contribution in [3.63, 3.8) is 0 Å². The van der Waals surface area contributed by atoms with Gasteiger partial charge < -0.3 is 0 Å². The van der Waals surface area contributed by atoms with Crippen molar-refractivity contribution in [3.05, 3.63) is 150 Å². The first-order valence-corrected chi connectivity index (χ1v) is 19.4. The molecule has 2 aliphatic carbocycles. The van der Waals surface area contributed by atoms with E-state index in [1.807, 2.05) is 0 Å². The van der Waals surface area contributed by atoms with Crippen molar-refractivity contribution >= 4 is 0 Å². The topological polar surface area (TPSA) is 3.88 Å². The smallest absolute Gasteiger partial charge is 0.192 e. The van der Waals surface area contributed by atoms with Crippen LogP contribution in [0, 0.1) is 0 Å². The molecule has 1 fully saturated rings. The van der Waals surface area contributed by atoms with Crippen molar-refractivity contribution < 1.29 is 4.57 Å². The van der Waals surface area contributed by atoms with E-state index in [4.69, 9.17) is 0 Å². The van der Waals surface area contributed by atoms with Gasteiger partial charge in [0.2, 0.25) is 5.69 Å². The van der Waals surface area contributed by atoms with E-state index in [1.165, 1.54) is 110 Å². The van der Waals surface area contributed by atoms with Crippen molar-refractivity contribution in [2.45, 2.75) is 95.9 Å². The Bertz CT molecular complexity index is 2320. The van der Waals surface area contributed by atoms with Gasteiger partial charge in [0.05, 0.1) is 11.0 Å². The molecule has 2 unspecified atom stereocenters. The molecular formula is C50H50N+. The average molecular weight is 665 g/mol. The van der Waals surface area contributed by atoms with E-state index in [9.17, 15) is 0 Å². The summed E-state index contributed by atoms with van der Waals surface area (Å²) in [4.78, 5) is 0. The normalized spacial score (nSPS) is 20.2. The fourth-order valence-electron chi connectivity index (χ4n) is 9.69. The lowest BCUT2D eigenvalue weighted by Crippen LogP contribution is -2.52. The Morgan fingerprint density at radius 2 is 1.14 bits per heavy atom. The maximum absolute atomic E-state index is 2.62. The summed E-state index contributed by atoms with van der Waals surface area (Å²) < 4.78 is 2.62. The Balaban J connectivity index is 1.04. The fourth-order valence-corrected chi connectivity index (χ4v) is 9.69. The molecular weight excluding hydrogens is 615 g/mol. The summed E-state index contributed by atoms with van der Waals surface area (Å²) in [6, 6.07) is 46.3. The number of aryl methyl sites for hydroxylation is 1. The van der Waals surface area contributed by atoms with Crippen LogP contribution in [-0.2, 0) is 22.8 Å². The summed E-state index contributed by atoms with van der Waals surface area (Å²) in [5, 5.41) is 0. The van der Waals surface area contributed by atoms with Gasteiger partial charge in [-0.1, -0.05) is 131 Å². The number of nitrogens with zero attached hydrogens (tertiary/aromatic N) is 1. The number of hydrogen-bond donors (Lipinski definition) is 0. The van der Waals surface area contributed by atoms with Gasteiger partial charge in [-0.25, -0.2) is 0 Å². The molecule has 0 radical (unpaired) electrons. The largest absolute Gasteiger partial charge is 0.213 e. The zero-order valence-corrected chi connectivity index (χ0v) is 31.0. The van der Waals surface area contributed by atoms with E-state index in [1.54, 1.807) is 0 Å². The Labute approximate surface area is 305 Å². The van der Waals surface area contributed by atoms with E-state index < -0.39 is 0 Å². The van der Waals surface area contributed by atoms with E-state index >= 15 is 0 Å². The van der Waals surface area contributed by atoms with Crippen LogP contribution in [0.25, 0.3) is 55.8 Å². The summed E-state index contributed by atoms with van der Waals surface area (Å²) in [5.74, 6) is 0. The van der Waals surface area contributed by atoms with Crippen molar-refractivity contribution in [2.75, 3.05) is 0 Å². The molecule has 1 nitrogen and oxygen atoms in total. The highest BCUT2D eigenvalue weighted by molar-refractivity contribution is 5.86. The van der Waals surface area contributed by atoms with Gasteiger partial charge in [0, 0.05) is 30.4 Å².